The number of piperidine rings is 1. The van der Waals surface area contributed by atoms with Gasteiger partial charge in [-0.2, -0.15) is 5.10 Å². The zero-order valence-electron chi connectivity index (χ0n) is 16.6. The van der Waals surface area contributed by atoms with Crippen LogP contribution < -0.4 is 10.1 Å². The topological polar surface area (TPSA) is 59.4 Å². The van der Waals surface area contributed by atoms with E-state index < -0.39 is 0 Å². The van der Waals surface area contributed by atoms with Crippen molar-refractivity contribution in [3.63, 3.8) is 0 Å². The number of benzene rings is 2. The highest BCUT2D eigenvalue weighted by Gasteiger charge is 2.22. The summed E-state index contributed by atoms with van der Waals surface area (Å²) in [6.07, 6.45) is 3.68. The van der Waals surface area contributed by atoms with E-state index in [0.717, 1.165) is 43.9 Å². The van der Waals surface area contributed by atoms with Crippen LogP contribution in [0.5, 0.6) is 5.75 Å². The molecule has 6 heteroatoms. The fraction of sp³-hybridized carbons (Fsp3) is 0.304. The first-order valence-corrected chi connectivity index (χ1v) is 9.99. The van der Waals surface area contributed by atoms with Gasteiger partial charge in [-0.25, -0.2) is 4.68 Å². The molecule has 6 nitrogen and oxygen atoms in total. The lowest BCUT2D eigenvalue weighted by Gasteiger charge is -2.32. The number of likely N-dealkylation sites (tertiary alicyclic amines) is 1. The van der Waals surface area contributed by atoms with Gasteiger partial charge in [0.25, 0.3) is 5.91 Å². The maximum absolute atomic E-state index is 12.6. The van der Waals surface area contributed by atoms with Crippen molar-refractivity contribution in [2.24, 2.45) is 0 Å². The van der Waals surface area contributed by atoms with Gasteiger partial charge in [0, 0.05) is 37.4 Å². The minimum absolute atomic E-state index is 0.108. The van der Waals surface area contributed by atoms with Crippen molar-refractivity contribution in [3.05, 3.63) is 78.1 Å². The monoisotopic (exact) mass is 390 g/mol. The van der Waals surface area contributed by atoms with Crippen LogP contribution in [0.3, 0.4) is 0 Å². The number of hydrogen-bond donors (Lipinski definition) is 1. The van der Waals surface area contributed by atoms with Gasteiger partial charge in [0.15, 0.2) is 5.69 Å². The average Bonchev–Trinajstić information content (AvgIpc) is 3.27. The molecule has 1 saturated heterocycles. The quantitative estimate of drug-likeness (QED) is 0.702. The van der Waals surface area contributed by atoms with Gasteiger partial charge in [-0.3, -0.25) is 9.69 Å². The Bertz CT molecular complexity index is 946. The van der Waals surface area contributed by atoms with Gasteiger partial charge in [0.05, 0.1) is 12.8 Å². The van der Waals surface area contributed by atoms with Crippen molar-refractivity contribution in [2.45, 2.75) is 25.4 Å². The van der Waals surface area contributed by atoms with Gasteiger partial charge in [-0.15, -0.1) is 0 Å². The zero-order chi connectivity index (χ0) is 20.1. The molecule has 3 aromatic rings. The fourth-order valence-electron chi connectivity index (χ4n) is 3.74. The summed E-state index contributed by atoms with van der Waals surface area (Å²) >= 11 is 0. The summed E-state index contributed by atoms with van der Waals surface area (Å²) in [6.45, 7) is 2.76. The van der Waals surface area contributed by atoms with Crippen LogP contribution in [0.25, 0.3) is 5.69 Å². The lowest BCUT2D eigenvalue weighted by atomic mass is 10.0. The van der Waals surface area contributed by atoms with Crippen LogP contribution in [0.2, 0.25) is 0 Å². The van der Waals surface area contributed by atoms with Crippen molar-refractivity contribution in [3.8, 4) is 11.4 Å². The van der Waals surface area contributed by atoms with E-state index >= 15 is 0 Å². The van der Waals surface area contributed by atoms with Crippen LogP contribution in [-0.4, -0.2) is 46.8 Å². The Morgan fingerprint density at radius 2 is 1.79 bits per heavy atom. The molecular weight excluding hydrogens is 364 g/mol. The summed E-state index contributed by atoms with van der Waals surface area (Å²) in [6, 6.07) is 19.9. The number of hydrogen-bond acceptors (Lipinski definition) is 4. The smallest absolute Gasteiger partial charge is 0.272 e. The van der Waals surface area contributed by atoms with Crippen LogP contribution in [-0.2, 0) is 6.54 Å². The lowest BCUT2D eigenvalue weighted by molar-refractivity contribution is 0.0903. The largest absolute Gasteiger partial charge is 0.496 e. The molecule has 29 heavy (non-hydrogen) atoms. The third-order valence-corrected chi connectivity index (χ3v) is 5.35. The molecule has 0 unspecified atom stereocenters. The number of nitrogens with one attached hydrogen (secondary N) is 1. The molecule has 150 valence electrons. The molecule has 1 fully saturated rings. The molecule has 0 radical (unpaired) electrons. The summed E-state index contributed by atoms with van der Waals surface area (Å²) in [5.74, 6) is 0.819. The second-order valence-corrected chi connectivity index (χ2v) is 7.32. The molecule has 2 aromatic carbocycles. The Balaban J connectivity index is 1.29. The van der Waals surface area contributed by atoms with Crippen LogP contribution in [0.1, 0.15) is 28.9 Å². The maximum atomic E-state index is 12.6. The molecular formula is C23H26N4O2. The number of methoxy groups -OCH3 is 1. The molecule has 1 amide bonds. The molecule has 2 heterocycles. The van der Waals surface area contributed by atoms with Crippen LogP contribution >= 0.6 is 0 Å². The number of rotatable bonds is 6. The average molecular weight is 390 g/mol. The fourth-order valence-corrected chi connectivity index (χ4v) is 3.74. The minimum atomic E-state index is -0.108. The Morgan fingerprint density at radius 3 is 2.55 bits per heavy atom. The molecule has 1 aliphatic heterocycles. The van der Waals surface area contributed by atoms with E-state index in [0.29, 0.717) is 5.69 Å². The van der Waals surface area contributed by atoms with Crippen molar-refractivity contribution in [2.75, 3.05) is 20.2 Å². The van der Waals surface area contributed by atoms with E-state index in [9.17, 15) is 4.79 Å². The Hall–Kier alpha value is -3.12. The van der Waals surface area contributed by atoms with E-state index in [-0.39, 0.29) is 11.9 Å². The number of nitrogens with zero attached hydrogens (tertiary/aromatic N) is 3. The first-order valence-electron chi connectivity index (χ1n) is 9.99. The normalized spacial score (nSPS) is 15.2. The minimum Gasteiger partial charge on any atom is -0.496 e. The summed E-state index contributed by atoms with van der Waals surface area (Å²) in [4.78, 5) is 15.0. The Morgan fingerprint density at radius 1 is 1.07 bits per heavy atom. The van der Waals surface area contributed by atoms with E-state index in [1.807, 2.05) is 54.7 Å². The third-order valence-electron chi connectivity index (χ3n) is 5.35. The maximum Gasteiger partial charge on any atom is 0.272 e. The summed E-state index contributed by atoms with van der Waals surface area (Å²) in [5, 5.41) is 7.56. The summed E-state index contributed by atoms with van der Waals surface area (Å²) in [7, 11) is 1.71. The highest BCUT2D eigenvalue weighted by molar-refractivity contribution is 5.92. The van der Waals surface area contributed by atoms with Crippen LogP contribution in [0, 0.1) is 0 Å². The number of para-hydroxylation sites is 2. The third kappa shape index (κ3) is 4.66. The first kappa shape index (κ1) is 19.2. The van der Waals surface area contributed by atoms with Gasteiger partial charge in [-0.05, 0) is 37.1 Å². The SMILES string of the molecule is COc1ccccc1CN1CCC(NC(=O)c2ccn(-c3ccccc3)n2)CC1. The lowest BCUT2D eigenvalue weighted by Crippen LogP contribution is -2.44. The van der Waals surface area contributed by atoms with Gasteiger partial charge in [-0.1, -0.05) is 36.4 Å². The number of aromatic nitrogens is 2. The number of carbonyl (C=O) groups excluding carboxylic acids is 1. The molecule has 0 saturated carbocycles. The second kappa shape index (κ2) is 8.92. The van der Waals surface area contributed by atoms with Crippen molar-refractivity contribution < 1.29 is 9.53 Å². The summed E-state index contributed by atoms with van der Waals surface area (Å²) < 4.78 is 7.18. The van der Waals surface area contributed by atoms with E-state index in [1.165, 1.54) is 5.56 Å². The highest BCUT2D eigenvalue weighted by atomic mass is 16.5. The molecule has 4 rings (SSSR count). The van der Waals surface area contributed by atoms with E-state index in [2.05, 4.69) is 21.4 Å². The Kier molecular flexibility index (Phi) is 5.91. The number of amides is 1. The molecule has 0 spiro atoms. The van der Waals surface area contributed by atoms with E-state index in [1.54, 1.807) is 17.9 Å². The second-order valence-electron chi connectivity index (χ2n) is 7.32. The molecule has 0 atom stereocenters. The highest BCUT2D eigenvalue weighted by Crippen LogP contribution is 2.21. The number of carbonyl (C=O) groups is 1. The molecule has 1 aliphatic rings. The molecule has 1 N–H and O–H groups in total. The van der Waals surface area contributed by atoms with E-state index in [4.69, 9.17) is 4.74 Å². The first-order chi connectivity index (χ1) is 14.2. The van der Waals surface area contributed by atoms with Gasteiger partial charge in [0.2, 0.25) is 0 Å². The van der Waals surface area contributed by atoms with Crippen molar-refractivity contribution in [1.82, 2.24) is 20.0 Å². The predicted molar refractivity (Wildman–Crippen MR) is 112 cm³/mol. The molecule has 0 bridgehead atoms. The van der Waals surface area contributed by atoms with Crippen molar-refractivity contribution >= 4 is 5.91 Å². The molecule has 1 aromatic heterocycles. The van der Waals surface area contributed by atoms with Gasteiger partial charge in [0.1, 0.15) is 5.75 Å². The predicted octanol–water partition coefficient (Wildman–Crippen LogP) is 3.28. The van der Waals surface area contributed by atoms with Gasteiger partial charge >= 0.3 is 0 Å². The van der Waals surface area contributed by atoms with Crippen molar-refractivity contribution in [1.29, 1.82) is 0 Å². The zero-order valence-corrected chi connectivity index (χ0v) is 16.6. The Labute approximate surface area is 171 Å². The standard InChI is InChI=1S/C23H26N4O2/c1-29-22-10-6-5-7-18(22)17-26-14-11-19(12-15-26)24-23(28)21-13-16-27(25-21)20-8-3-2-4-9-20/h2-10,13,16,19H,11-12,14-15,17H2,1H3,(H,24,28). The molecule has 0 aliphatic carbocycles. The van der Waals surface area contributed by atoms with Crippen LogP contribution in [0.15, 0.2) is 66.9 Å². The summed E-state index contributed by atoms with van der Waals surface area (Å²) in [5.41, 5.74) is 2.59. The van der Waals surface area contributed by atoms with Gasteiger partial charge < -0.3 is 10.1 Å². The van der Waals surface area contributed by atoms with Crippen LogP contribution in [0.4, 0.5) is 0 Å². The number of ether oxygens (including phenoxy) is 1.